The quantitative estimate of drug-likeness (QED) is 0.375. The SMILES string of the molecule is O=C(c1ccccc1)c1cc(Cl)ccc1N/C=C\c1nnnn1-c1ccc(Br)cc1. The van der Waals surface area contributed by atoms with Crippen molar-refractivity contribution in [1.29, 1.82) is 0 Å². The van der Waals surface area contributed by atoms with Crippen LogP contribution >= 0.6 is 27.5 Å². The highest BCUT2D eigenvalue weighted by Gasteiger charge is 2.14. The van der Waals surface area contributed by atoms with Crippen LogP contribution in [0.4, 0.5) is 5.69 Å². The molecule has 0 unspecified atom stereocenters. The smallest absolute Gasteiger partial charge is 0.195 e. The van der Waals surface area contributed by atoms with E-state index in [0.29, 0.717) is 27.7 Å². The lowest BCUT2D eigenvalue weighted by Gasteiger charge is -2.09. The molecule has 3 aromatic carbocycles. The number of carbonyl (C=O) groups excluding carboxylic acids is 1. The Balaban J connectivity index is 1.58. The van der Waals surface area contributed by atoms with Crippen LogP contribution in [-0.4, -0.2) is 26.0 Å². The predicted octanol–water partition coefficient (Wildman–Crippen LogP) is 5.39. The standard InChI is InChI=1S/C22H15BrClN5O/c23-16-6-9-18(10-7-16)29-21(26-27-28-29)12-13-25-20-11-8-17(24)14-19(20)22(30)15-4-2-1-3-5-15/h1-14,25H/b13-12-. The van der Waals surface area contributed by atoms with Crippen molar-refractivity contribution in [3.05, 3.63) is 105 Å². The van der Waals surface area contributed by atoms with Crippen LogP contribution in [0.1, 0.15) is 21.7 Å². The van der Waals surface area contributed by atoms with E-state index in [0.717, 1.165) is 10.2 Å². The van der Waals surface area contributed by atoms with Crippen LogP contribution in [0.2, 0.25) is 5.02 Å². The molecule has 0 atom stereocenters. The van der Waals surface area contributed by atoms with Crippen LogP contribution in [0.5, 0.6) is 0 Å². The Hall–Kier alpha value is -3.29. The van der Waals surface area contributed by atoms with Gasteiger partial charge in [0.15, 0.2) is 11.6 Å². The summed E-state index contributed by atoms with van der Waals surface area (Å²) >= 11 is 9.55. The first kappa shape index (κ1) is 20.0. The molecule has 4 rings (SSSR count). The van der Waals surface area contributed by atoms with Gasteiger partial charge >= 0.3 is 0 Å². The average molecular weight is 481 g/mol. The maximum atomic E-state index is 12.9. The van der Waals surface area contributed by atoms with Crippen LogP contribution in [-0.2, 0) is 0 Å². The van der Waals surface area contributed by atoms with Gasteiger partial charge in [-0.3, -0.25) is 4.79 Å². The Morgan fingerprint density at radius 2 is 1.80 bits per heavy atom. The van der Waals surface area contributed by atoms with Crippen molar-refractivity contribution in [3.8, 4) is 5.69 Å². The molecule has 8 heteroatoms. The first-order valence-corrected chi connectivity index (χ1v) is 10.2. The molecule has 0 aliphatic rings. The molecular formula is C22H15BrClN5O. The number of hydrogen-bond donors (Lipinski definition) is 1. The fraction of sp³-hybridized carbons (Fsp3) is 0. The lowest BCUT2D eigenvalue weighted by Crippen LogP contribution is -2.05. The largest absolute Gasteiger partial charge is 0.361 e. The van der Waals surface area contributed by atoms with Crippen LogP contribution in [0, 0.1) is 0 Å². The van der Waals surface area contributed by atoms with Crippen molar-refractivity contribution >= 4 is 45.1 Å². The maximum Gasteiger partial charge on any atom is 0.195 e. The number of aromatic nitrogens is 4. The second kappa shape index (κ2) is 9.02. The molecule has 0 saturated carbocycles. The minimum atomic E-state index is -0.117. The third kappa shape index (κ3) is 4.48. The van der Waals surface area contributed by atoms with Crippen LogP contribution in [0.15, 0.2) is 83.5 Å². The molecule has 30 heavy (non-hydrogen) atoms. The second-order valence-corrected chi connectivity index (χ2v) is 7.64. The van der Waals surface area contributed by atoms with Gasteiger partial charge in [0.1, 0.15) is 0 Å². The molecule has 0 radical (unpaired) electrons. The molecule has 1 N–H and O–H groups in total. The Morgan fingerprint density at radius 1 is 1.03 bits per heavy atom. The van der Waals surface area contributed by atoms with E-state index in [1.165, 1.54) is 0 Å². The highest BCUT2D eigenvalue weighted by molar-refractivity contribution is 9.10. The van der Waals surface area contributed by atoms with E-state index >= 15 is 0 Å². The van der Waals surface area contributed by atoms with Gasteiger partial charge in [-0.05, 0) is 52.9 Å². The number of halogens is 2. The Morgan fingerprint density at radius 3 is 2.57 bits per heavy atom. The van der Waals surface area contributed by atoms with Gasteiger partial charge in [0.2, 0.25) is 0 Å². The number of carbonyl (C=O) groups is 1. The molecule has 0 aliphatic carbocycles. The summed E-state index contributed by atoms with van der Waals surface area (Å²) in [4.78, 5) is 12.9. The fourth-order valence-electron chi connectivity index (χ4n) is 2.85. The van der Waals surface area contributed by atoms with Crippen LogP contribution in [0.25, 0.3) is 11.8 Å². The van der Waals surface area contributed by atoms with Crippen LogP contribution < -0.4 is 5.32 Å². The molecule has 1 aromatic heterocycles. The molecule has 0 aliphatic heterocycles. The van der Waals surface area contributed by atoms with Gasteiger partial charge in [-0.15, -0.1) is 5.10 Å². The third-order valence-corrected chi connectivity index (χ3v) is 5.06. The monoisotopic (exact) mass is 479 g/mol. The summed E-state index contributed by atoms with van der Waals surface area (Å²) in [5.74, 6) is 0.420. The molecular weight excluding hydrogens is 466 g/mol. The zero-order chi connectivity index (χ0) is 20.9. The Bertz CT molecular complexity index is 1210. The summed E-state index contributed by atoms with van der Waals surface area (Å²) in [5.41, 5.74) is 2.53. The molecule has 4 aromatic rings. The molecule has 6 nitrogen and oxygen atoms in total. The lowest BCUT2D eigenvalue weighted by molar-refractivity contribution is 0.103. The van der Waals surface area contributed by atoms with Crippen molar-refractivity contribution < 1.29 is 4.79 Å². The van der Waals surface area contributed by atoms with Crippen molar-refractivity contribution in [2.24, 2.45) is 0 Å². The van der Waals surface area contributed by atoms with Crippen molar-refractivity contribution in [2.45, 2.75) is 0 Å². The topological polar surface area (TPSA) is 72.7 Å². The van der Waals surface area contributed by atoms with E-state index in [1.54, 1.807) is 47.3 Å². The van der Waals surface area contributed by atoms with Gasteiger partial charge in [0.05, 0.1) is 5.69 Å². The summed E-state index contributed by atoms with van der Waals surface area (Å²) in [7, 11) is 0. The number of tetrazole rings is 1. The average Bonchev–Trinajstić information content (AvgIpc) is 3.24. The predicted molar refractivity (Wildman–Crippen MR) is 121 cm³/mol. The highest BCUT2D eigenvalue weighted by atomic mass is 79.9. The van der Waals surface area contributed by atoms with E-state index in [1.807, 2.05) is 42.5 Å². The van der Waals surface area contributed by atoms with Gasteiger partial charge in [0, 0.05) is 38.6 Å². The summed E-state index contributed by atoms with van der Waals surface area (Å²) in [6.45, 7) is 0. The van der Waals surface area contributed by atoms with Gasteiger partial charge in [0.25, 0.3) is 0 Å². The molecule has 148 valence electrons. The number of ketones is 1. The number of nitrogens with zero attached hydrogens (tertiary/aromatic N) is 4. The van der Waals surface area contributed by atoms with Gasteiger partial charge in [-0.2, -0.15) is 4.68 Å². The van der Waals surface area contributed by atoms with E-state index in [2.05, 4.69) is 36.8 Å². The number of anilines is 1. The summed E-state index contributed by atoms with van der Waals surface area (Å²) in [6, 6.07) is 21.8. The summed E-state index contributed by atoms with van der Waals surface area (Å²) < 4.78 is 2.58. The Labute approximate surface area is 186 Å². The van der Waals surface area contributed by atoms with Crippen molar-refractivity contribution in [1.82, 2.24) is 20.2 Å². The first-order chi connectivity index (χ1) is 14.6. The zero-order valence-electron chi connectivity index (χ0n) is 15.5. The molecule has 0 spiro atoms. The van der Waals surface area contributed by atoms with E-state index < -0.39 is 0 Å². The normalized spacial score (nSPS) is 11.0. The minimum absolute atomic E-state index is 0.117. The molecule has 0 bridgehead atoms. The number of benzene rings is 3. The van der Waals surface area contributed by atoms with Gasteiger partial charge in [-0.1, -0.05) is 57.9 Å². The molecule has 0 fully saturated rings. The van der Waals surface area contributed by atoms with Gasteiger partial charge < -0.3 is 5.32 Å². The van der Waals surface area contributed by atoms with E-state index in [9.17, 15) is 4.79 Å². The summed E-state index contributed by atoms with van der Waals surface area (Å²) in [5, 5.41) is 15.4. The van der Waals surface area contributed by atoms with E-state index in [-0.39, 0.29) is 5.78 Å². The first-order valence-electron chi connectivity index (χ1n) is 8.98. The summed E-state index contributed by atoms with van der Waals surface area (Å²) in [6.07, 6.45) is 3.42. The number of hydrogen-bond acceptors (Lipinski definition) is 5. The maximum absolute atomic E-state index is 12.9. The Kier molecular flexibility index (Phi) is 6.02. The number of rotatable bonds is 6. The third-order valence-electron chi connectivity index (χ3n) is 4.30. The number of nitrogens with one attached hydrogen (secondary N) is 1. The highest BCUT2D eigenvalue weighted by Crippen LogP contribution is 2.24. The minimum Gasteiger partial charge on any atom is -0.361 e. The lowest BCUT2D eigenvalue weighted by atomic mass is 10.0. The van der Waals surface area contributed by atoms with E-state index in [4.69, 9.17) is 11.6 Å². The molecule has 0 amide bonds. The fourth-order valence-corrected chi connectivity index (χ4v) is 3.28. The van der Waals surface area contributed by atoms with Crippen molar-refractivity contribution in [2.75, 3.05) is 5.32 Å². The van der Waals surface area contributed by atoms with Crippen LogP contribution in [0.3, 0.4) is 0 Å². The van der Waals surface area contributed by atoms with Gasteiger partial charge in [-0.25, -0.2) is 0 Å². The second-order valence-electron chi connectivity index (χ2n) is 6.29. The van der Waals surface area contributed by atoms with Crippen molar-refractivity contribution in [3.63, 3.8) is 0 Å². The zero-order valence-corrected chi connectivity index (χ0v) is 17.9. The molecule has 1 heterocycles. The molecule has 0 saturated heterocycles.